The van der Waals surface area contributed by atoms with Gasteiger partial charge < -0.3 is 5.11 Å². The van der Waals surface area contributed by atoms with Crippen molar-refractivity contribution in [2.45, 2.75) is 58.1 Å². The van der Waals surface area contributed by atoms with E-state index in [1.54, 1.807) is 0 Å². The first kappa shape index (κ1) is 11.9. The molecule has 0 aliphatic carbocycles. The van der Waals surface area contributed by atoms with Crippen molar-refractivity contribution in [1.29, 1.82) is 0 Å². The fourth-order valence-electron chi connectivity index (χ4n) is 1.20. The lowest BCUT2D eigenvalue weighted by molar-refractivity contribution is 0.125. The summed E-state index contributed by atoms with van der Waals surface area (Å²) < 4.78 is 0. The summed E-state index contributed by atoms with van der Waals surface area (Å²) in [4.78, 5) is 0. The Bertz CT molecular complexity index is 88.6. The van der Waals surface area contributed by atoms with Crippen LogP contribution >= 0.6 is 0 Å². The molecule has 0 aromatic rings. The van der Waals surface area contributed by atoms with Gasteiger partial charge in [-0.25, -0.2) is 5.43 Å². The molecule has 0 aliphatic heterocycles. The van der Waals surface area contributed by atoms with Gasteiger partial charge in [0.2, 0.25) is 0 Å². The molecular formula is C9H22N2O. The third-order valence-corrected chi connectivity index (χ3v) is 2.02. The van der Waals surface area contributed by atoms with Gasteiger partial charge in [-0.05, 0) is 12.8 Å². The molecule has 0 spiro atoms. The van der Waals surface area contributed by atoms with E-state index in [2.05, 4.69) is 12.3 Å². The Kier molecular flexibility index (Phi) is 8.88. The maximum atomic E-state index is 9.02. The Labute approximate surface area is 75.3 Å². The van der Waals surface area contributed by atoms with Crippen molar-refractivity contribution in [3.63, 3.8) is 0 Å². The first-order valence-electron chi connectivity index (χ1n) is 4.95. The lowest BCUT2D eigenvalue weighted by Gasteiger charge is -2.07. The molecule has 0 aromatic heterocycles. The van der Waals surface area contributed by atoms with Gasteiger partial charge in [0, 0.05) is 0 Å². The number of nitrogens with one attached hydrogen (secondary N) is 1. The molecule has 3 nitrogen and oxygen atoms in total. The normalized spacial score (nSPS) is 13.2. The highest BCUT2D eigenvalue weighted by Crippen LogP contribution is 2.07. The number of nitrogens with two attached hydrogens (primary N) is 1. The Morgan fingerprint density at radius 3 is 2.33 bits per heavy atom. The molecule has 74 valence electrons. The van der Waals surface area contributed by atoms with Crippen LogP contribution in [0.3, 0.4) is 0 Å². The monoisotopic (exact) mass is 174 g/mol. The lowest BCUT2D eigenvalue weighted by Crippen LogP contribution is -2.34. The predicted octanol–water partition coefficient (Wildman–Crippen LogP) is 1.52. The average molecular weight is 174 g/mol. The average Bonchev–Trinajstić information content (AvgIpc) is 2.10. The zero-order chi connectivity index (χ0) is 9.23. The van der Waals surface area contributed by atoms with E-state index in [9.17, 15) is 0 Å². The third-order valence-electron chi connectivity index (χ3n) is 2.02. The number of aliphatic hydroxyl groups excluding tert-OH is 1. The van der Waals surface area contributed by atoms with Gasteiger partial charge in [-0.15, -0.1) is 0 Å². The van der Waals surface area contributed by atoms with Crippen LogP contribution in [-0.2, 0) is 0 Å². The van der Waals surface area contributed by atoms with E-state index < -0.39 is 6.23 Å². The van der Waals surface area contributed by atoms with Gasteiger partial charge >= 0.3 is 0 Å². The zero-order valence-corrected chi connectivity index (χ0v) is 8.05. The summed E-state index contributed by atoms with van der Waals surface area (Å²) in [6, 6.07) is 0. The van der Waals surface area contributed by atoms with Crippen LogP contribution < -0.4 is 11.3 Å². The Morgan fingerprint density at radius 1 is 1.17 bits per heavy atom. The number of aliphatic hydroxyl groups is 1. The summed E-state index contributed by atoms with van der Waals surface area (Å²) in [5.74, 6) is 5.03. The van der Waals surface area contributed by atoms with E-state index in [-0.39, 0.29) is 0 Å². The summed E-state index contributed by atoms with van der Waals surface area (Å²) in [6.45, 7) is 2.21. The summed E-state index contributed by atoms with van der Waals surface area (Å²) >= 11 is 0. The van der Waals surface area contributed by atoms with Gasteiger partial charge in [0.1, 0.15) is 6.23 Å². The van der Waals surface area contributed by atoms with Crippen LogP contribution in [0.4, 0.5) is 0 Å². The summed E-state index contributed by atoms with van der Waals surface area (Å²) in [5, 5.41) is 9.02. The van der Waals surface area contributed by atoms with Gasteiger partial charge in [-0.3, -0.25) is 5.84 Å². The second-order valence-electron chi connectivity index (χ2n) is 3.24. The van der Waals surface area contributed by atoms with Crippen molar-refractivity contribution in [3.8, 4) is 0 Å². The van der Waals surface area contributed by atoms with Crippen LogP contribution in [0.15, 0.2) is 0 Å². The van der Waals surface area contributed by atoms with Crippen molar-refractivity contribution in [2.24, 2.45) is 5.84 Å². The maximum Gasteiger partial charge on any atom is 0.116 e. The predicted molar refractivity (Wildman–Crippen MR) is 51.3 cm³/mol. The SMILES string of the molecule is CCCCCCCCC(O)NN. The molecule has 0 saturated heterocycles. The van der Waals surface area contributed by atoms with E-state index in [1.165, 1.54) is 32.1 Å². The summed E-state index contributed by atoms with van der Waals surface area (Å²) in [6.07, 6.45) is 7.74. The Balaban J connectivity index is 2.90. The standard InChI is InChI=1S/C9H22N2O/c1-2-3-4-5-6-7-8-9(12)11-10/h9,11-12H,2-8,10H2,1H3. The van der Waals surface area contributed by atoms with E-state index in [0.717, 1.165) is 12.8 Å². The van der Waals surface area contributed by atoms with Crippen LogP contribution in [0.1, 0.15) is 51.9 Å². The fraction of sp³-hybridized carbons (Fsp3) is 1.00. The van der Waals surface area contributed by atoms with E-state index in [4.69, 9.17) is 10.9 Å². The van der Waals surface area contributed by atoms with Gasteiger partial charge in [0.15, 0.2) is 0 Å². The van der Waals surface area contributed by atoms with Gasteiger partial charge in [-0.2, -0.15) is 0 Å². The first-order valence-corrected chi connectivity index (χ1v) is 4.95. The van der Waals surface area contributed by atoms with Crippen LogP contribution in [0.25, 0.3) is 0 Å². The molecule has 0 heterocycles. The highest BCUT2D eigenvalue weighted by Gasteiger charge is 1.98. The molecule has 0 bridgehead atoms. The highest BCUT2D eigenvalue weighted by molar-refractivity contribution is 4.49. The van der Waals surface area contributed by atoms with Gasteiger partial charge in [-0.1, -0.05) is 39.0 Å². The van der Waals surface area contributed by atoms with Crippen LogP contribution in [-0.4, -0.2) is 11.3 Å². The van der Waals surface area contributed by atoms with E-state index >= 15 is 0 Å². The number of unbranched alkanes of at least 4 members (excludes halogenated alkanes) is 5. The molecule has 4 N–H and O–H groups in total. The second kappa shape index (κ2) is 8.97. The van der Waals surface area contributed by atoms with Crippen molar-refractivity contribution in [2.75, 3.05) is 0 Å². The van der Waals surface area contributed by atoms with E-state index in [0.29, 0.717) is 0 Å². The smallest absolute Gasteiger partial charge is 0.116 e. The molecule has 1 atom stereocenters. The minimum atomic E-state index is -0.517. The molecule has 0 amide bonds. The van der Waals surface area contributed by atoms with Gasteiger partial charge in [0.05, 0.1) is 0 Å². The second-order valence-corrected chi connectivity index (χ2v) is 3.24. The number of hydrogen-bond acceptors (Lipinski definition) is 3. The molecular weight excluding hydrogens is 152 g/mol. The van der Waals surface area contributed by atoms with E-state index in [1.807, 2.05) is 0 Å². The van der Waals surface area contributed by atoms with Crippen molar-refractivity contribution >= 4 is 0 Å². The number of hydrogen-bond donors (Lipinski definition) is 3. The molecule has 0 saturated carbocycles. The van der Waals surface area contributed by atoms with Crippen LogP contribution in [0.2, 0.25) is 0 Å². The van der Waals surface area contributed by atoms with Crippen molar-refractivity contribution < 1.29 is 5.11 Å². The van der Waals surface area contributed by atoms with Crippen molar-refractivity contribution in [1.82, 2.24) is 5.43 Å². The van der Waals surface area contributed by atoms with Crippen LogP contribution in [0.5, 0.6) is 0 Å². The fourth-order valence-corrected chi connectivity index (χ4v) is 1.20. The summed E-state index contributed by atoms with van der Waals surface area (Å²) in [5.41, 5.74) is 2.32. The van der Waals surface area contributed by atoms with Crippen LogP contribution in [0, 0.1) is 0 Å². The number of rotatable bonds is 8. The molecule has 0 aliphatic rings. The van der Waals surface area contributed by atoms with Gasteiger partial charge in [0.25, 0.3) is 0 Å². The lowest BCUT2D eigenvalue weighted by atomic mass is 10.1. The number of hydrazine groups is 1. The largest absolute Gasteiger partial charge is 0.377 e. The van der Waals surface area contributed by atoms with Crippen molar-refractivity contribution in [3.05, 3.63) is 0 Å². The minimum absolute atomic E-state index is 0.517. The zero-order valence-electron chi connectivity index (χ0n) is 8.05. The molecule has 1 unspecified atom stereocenters. The Morgan fingerprint density at radius 2 is 1.75 bits per heavy atom. The minimum Gasteiger partial charge on any atom is -0.377 e. The summed E-state index contributed by atoms with van der Waals surface area (Å²) in [7, 11) is 0. The molecule has 12 heavy (non-hydrogen) atoms. The first-order chi connectivity index (χ1) is 5.81. The topological polar surface area (TPSA) is 58.3 Å². The quantitative estimate of drug-likeness (QED) is 0.226. The molecule has 0 rings (SSSR count). The molecule has 0 aromatic carbocycles. The molecule has 0 fully saturated rings. The third kappa shape index (κ3) is 7.98. The molecule has 3 heteroatoms. The highest BCUT2D eigenvalue weighted by atomic mass is 16.3. The maximum absolute atomic E-state index is 9.02. The molecule has 0 radical (unpaired) electrons. The Hall–Kier alpha value is -0.120.